The summed E-state index contributed by atoms with van der Waals surface area (Å²) in [7, 11) is -0.373. The van der Waals surface area contributed by atoms with Crippen LogP contribution in [0, 0.1) is 0 Å². The molecule has 0 saturated carbocycles. The van der Waals surface area contributed by atoms with Crippen LogP contribution in [0.5, 0.6) is 0 Å². The largest absolute Gasteiger partial charge is 0.372 e. The third kappa shape index (κ3) is 3.08. The minimum absolute atomic E-state index is 0.102. The van der Waals surface area contributed by atoms with Gasteiger partial charge in [-0.1, -0.05) is 24.3 Å². The molecule has 0 aliphatic carbocycles. The number of hydrogen-bond donors (Lipinski definition) is 1. The Kier molecular flexibility index (Phi) is 4.01. The van der Waals surface area contributed by atoms with Crippen LogP contribution in [0.3, 0.4) is 0 Å². The molecule has 0 saturated heterocycles. The predicted octanol–water partition coefficient (Wildman–Crippen LogP) is 0.524. The van der Waals surface area contributed by atoms with Crippen LogP contribution in [-0.4, -0.2) is 39.5 Å². The Morgan fingerprint density at radius 2 is 2.00 bits per heavy atom. The van der Waals surface area contributed by atoms with Gasteiger partial charge in [-0.3, -0.25) is 0 Å². The Balaban J connectivity index is 1.95. The SMILES string of the molecule is CN(C)S(=O)(=O)NCC1Cc2ccccc2CO1. The summed E-state index contributed by atoms with van der Waals surface area (Å²) in [6, 6.07) is 8.07. The summed E-state index contributed by atoms with van der Waals surface area (Å²) >= 11 is 0. The van der Waals surface area contributed by atoms with Crippen molar-refractivity contribution in [3.8, 4) is 0 Å². The molecule has 0 fully saturated rings. The van der Waals surface area contributed by atoms with Crippen molar-refractivity contribution in [3.05, 3.63) is 35.4 Å². The van der Waals surface area contributed by atoms with E-state index in [1.807, 2.05) is 18.2 Å². The van der Waals surface area contributed by atoms with E-state index in [1.54, 1.807) is 0 Å². The molecule has 0 bridgehead atoms. The molecule has 5 nitrogen and oxygen atoms in total. The molecule has 18 heavy (non-hydrogen) atoms. The van der Waals surface area contributed by atoms with Gasteiger partial charge >= 0.3 is 0 Å². The van der Waals surface area contributed by atoms with E-state index in [0.717, 1.165) is 10.7 Å². The lowest BCUT2D eigenvalue weighted by Gasteiger charge is -2.25. The number of benzene rings is 1. The molecule has 1 aromatic rings. The van der Waals surface area contributed by atoms with Crippen molar-refractivity contribution in [2.45, 2.75) is 19.1 Å². The van der Waals surface area contributed by atoms with Crippen molar-refractivity contribution >= 4 is 10.2 Å². The summed E-state index contributed by atoms with van der Waals surface area (Å²) in [6.07, 6.45) is 0.640. The van der Waals surface area contributed by atoms with E-state index in [4.69, 9.17) is 4.74 Å². The van der Waals surface area contributed by atoms with Crippen molar-refractivity contribution < 1.29 is 13.2 Å². The first-order valence-corrected chi connectivity index (χ1v) is 7.28. The summed E-state index contributed by atoms with van der Waals surface area (Å²) in [5, 5.41) is 0. The third-order valence-corrected chi connectivity index (χ3v) is 4.51. The van der Waals surface area contributed by atoms with Gasteiger partial charge in [-0.05, 0) is 11.1 Å². The Morgan fingerprint density at radius 1 is 1.33 bits per heavy atom. The van der Waals surface area contributed by atoms with Gasteiger partial charge in [0.2, 0.25) is 0 Å². The summed E-state index contributed by atoms with van der Waals surface area (Å²) in [4.78, 5) is 0. The lowest BCUT2D eigenvalue weighted by Crippen LogP contribution is -2.42. The van der Waals surface area contributed by atoms with Crippen LogP contribution < -0.4 is 4.72 Å². The van der Waals surface area contributed by atoms with E-state index in [-0.39, 0.29) is 6.10 Å². The second-order valence-electron chi connectivity index (χ2n) is 4.54. The molecule has 1 aliphatic rings. The average Bonchev–Trinajstić information content (AvgIpc) is 2.36. The number of nitrogens with one attached hydrogen (secondary N) is 1. The first-order valence-electron chi connectivity index (χ1n) is 5.84. The quantitative estimate of drug-likeness (QED) is 0.868. The van der Waals surface area contributed by atoms with Crippen LogP contribution in [0.25, 0.3) is 0 Å². The minimum atomic E-state index is -3.37. The normalized spacial score (nSPS) is 19.8. The molecule has 0 amide bonds. The number of ether oxygens (including phenoxy) is 1. The molecule has 100 valence electrons. The minimum Gasteiger partial charge on any atom is -0.372 e. The second kappa shape index (κ2) is 5.36. The van der Waals surface area contributed by atoms with Crippen molar-refractivity contribution in [3.63, 3.8) is 0 Å². The monoisotopic (exact) mass is 270 g/mol. The average molecular weight is 270 g/mol. The molecular formula is C12H18N2O3S. The Labute approximate surface area is 108 Å². The van der Waals surface area contributed by atoms with Gasteiger partial charge in [0.25, 0.3) is 10.2 Å². The van der Waals surface area contributed by atoms with Crippen molar-refractivity contribution in [1.29, 1.82) is 0 Å². The molecule has 0 aromatic heterocycles. The predicted molar refractivity (Wildman–Crippen MR) is 69.3 cm³/mol. The molecular weight excluding hydrogens is 252 g/mol. The van der Waals surface area contributed by atoms with Crippen LogP contribution in [0.2, 0.25) is 0 Å². The number of fused-ring (bicyclic) bond motifs is 1. The zero-order chi connectivity index (χ0) is 13.2. The summed E-state index contributed by atoms with van der Waals surface area (Å²) in [5.41, 5.74) is 2.42. The van der Waals surface area contributed by atoms with E-state index >= 15 is 0 Å². The van der Waals surface area contributed by atoms with Crippen molar-refractivity contribution in [2.24, 2.45) is 0 Å². The van der Waals surface area contributed by atoms with E-state index < -0.39 is 10.2 Å². The number of rotatable bonds is 4. The van der Waals surface area contributed by atoms with Crippen LogP contribution in [0.15, 0.2) is 24.3 Å². The summed E-state index contributed by atoms with van der Waals surface area (Å²) in [6.45, 7) is 0.847. The van der Waals surface area contributed by atoms with Gasteiger partial charge in [-0.2, -0.15) is 17.4 Å². The molecule has 0 radical (unpaired) electrons. The van der Waals surface area contributed by atoms with Crippen LogP contribution in [0.1, 0.15) is 11.1 Å². The van der Waals surface area contributed by atoms with Crippen molar-refractivity contribution in [2.75, 3.05) is 20.6 Å². The lowest BCUT2D eigenvalue weighted by atomic mass is 9.99. The van der Waals surface area contributed by atoms with E-state index in [9.17, 15) is 8.42 Å². The van der Waals surface area contributed by atoms with E-state index in [1.165, 1.54) is 25.2 Å². The lowest BCUT2D eigenvalue weighted by molar-refractivity contribution is 0.0321. The van der Waals surface area contributed by atoms with Gasteiger partial charge in [-0.15, -0.1) is 0 Å². The fourth-order valence-corrected chi connectivity index (χ4v) is 2.52. The van der Waals surface area contributed by atoms with Crippen LogP contribution in [0.4, 0.5) is 0 Å². The molecule has 1 N–H and O–H groups in total. The van der Waals surface area contributed by atoms with Crippen LogP contribution in [-0.2, 0) is 28.0 Å². The maximum Gasteiger partial charge on any atom is 0.279 e. The molecule has 1 unspecified atom stereocenters. The molecule has 1 aliphatic heterocycles. The second-order valence-corrected chi connectivity index (χ2v) is 6.51. The van der Waals surface area contributed by atoms with Gasteiger partial charge in [-0.25, -0.2) is 0 Å². The van der Waals surface area contributed by atoms with Gasteiger partial charge in [0, 0.05) is 27.1 Å². The Bertz CT molecular complexity index is 514. The molecule has 1 aromatic carbocycles. The summed E-state index contributed by atoms with van der Waals surface area (Å²) < 4.78 is 32.5. The number of nitrogens with zero attached hydrogens (tertiary/aromatic N) is 1. The fraction of sp³-hybridized carbons (Fsp3) is 0.500. The zero-order valence-electron chi connectivity index (χ0n) is 10.6. The van der Waals surface area contributed by atoms with Gasteiger partial charge < -0.3 is 4.74 Å². The Morgan fingerprint density at radius 3 is 2.67 bits per heavy atom. The highest BCUT2D eigenvalue weighted by atomic mass is 32.2. The van der Waals surface area contributed by atoms with E-state index in [0.29, 0.717) is 13.2 Å². The fourth-order valence-electron chi connectivity index (χ4n) is 1.87. The summed E-state index contributed by atoms with van der Waals surface area (Å²) in [5.74, 6) is 0. The molecule has 2 rings (SSSR count). The van der Waals surface area contributed by atoms with Gasteiger partial charge in [0.05, 0.1) is 12.7 Å². The molecule has 6 heteroatoms. The highest BCUT2D eigenvalue weighted by Crippen LogP contribution is 2.19. The first-order chi connectivity index (χ1) is 8.49. The zero-order valence-corrected chi connectivity index (χ0v) is 11.4. The highest BCUT2D eigenvalue weighted by molar-refractivity contribution is 7.87. The van der Waals surface area contributed by atoms with Crippen molar-refractivity contribution in [1.82, 2.24) is 9.03 Å². The molecule has 0 spiro atoms. The highest BCUT2D eigenvalue weighted by Gasteiger charge is 2.21. The first kappa shape index (κ1) is 13.5. The standard InChI is InChI=1S/C12H18N2O3S/c1-14(2)18(15,16)13-8-12-7-10-5-3-4-6-11(10)9-17-12/h3-6,12-13H,7-9H2,1-2H3. The maximum absolute atomic E-state index is 11.6. The topological polar surface area (TPSA) is 58.6 Å². The number of hydrogen-bond acceptors (Lipinski definition) is 3. The van der Waals surface area contributed by atoms with Crippen LogP contribution >= 0.6 is 0 Å². The molecule has 1 atom stereocenters. The smallest absolute Gasteiger partial charge is 0.279 e. The third-order valence-electron chi connectivity index (χ3n) is 3.01. The maximum atomic E-state index is 11.6. The van der Waals surface area contributed by atoms with Gasteiger partial charge in [0.1, 0.15) is 0 Å². The van der Waals surface area contributed by atoms with E-state index in [2.05, 4.69) is 10.8 Å². The Hall–Kier alpha value is -0.950. The van der Waals surface area contributed by atoms with Gasteiger partial charge in [0.15, 0.2) is 0 Å². The molecule has 1 heterocycles.